The van der Waals surface area contributed by atoms with Crippen LogP contribution in [-0.2, 0) is 14.4 Å². The summed E-state index contributed by atoms with van der Waals surface area (Å²) in [7, 11) is 1.58. The minimum absolute atomic E-state index is 0.105. The molecule has 2 bridgehead atoms. The molecule has 0 N–H and O–H groups in total. The lowest BCUT2D eigenvalue weighted by atomic mass is 9.85. The molecule has 6 unspecified atom stereocenters. The molecular formula is C25H21ClN2O4. The Hall–Kier alpha value is -3.12. The zero-order chi connectivity index (χ0) is 22.1. The number of halogens is 1. The molecule has 0 aromatic heterocycles. The number of ether oxygens (including phenoxy) is 1. The van der Waals surface area contributed by atoms with Crippen molar-refractivity contribution < 1.29 is 19.1 Å². The van der Waals surface area contributed by atoms with E-state index in [2.05, 4.69) is 12.2 Å². The predicted octanol–water partition coefficient (Wildman–Crippen LogP) is 3.61. The van der Waals surface area contributed by atoms with Gasteiger partial charge < -0.3 is 9.64 Å². The number of anilines is 1. The van der Waals surface area contributed by atoms with Gasteiger partial charge in [-0.1, -0.05) is 35.9 Å². The van der Waals surface area contributed by atoms with Crippen molar-refractivity contribution in [1.82, 2.24) is 4.90 Å². The summed E-state index contributed by atoms with van der Waals surface area (Å²) in [6, 6.07) is 13.1. The maximum Gasteiger partial charge on any atom is 0.253 e. The molecule has 2 heterocycles. The quantitative estimate of drug-likeness (QED) is 0.407. The van der Waals surface area contributed by atoms with Gasteiger partial charge in [-0.15, -0.1) is 0 Å². The van der Waals surface area contributed by atoms with Gasteiger partial charge in [0.25, 0.3) is 5.91 Å². The Kier molecular flexibility index (Phi) is 4.24. The number of benzene rings is 2. The number of imide groups is 1. The molecule has 2 aromatic rings. The number of allylic oxidation sites excluding steroid dienone is 2. The van der Waals surface area contributed by atoms with Gasteiger partial charge in [-0.05, 0) is 60.2 Å². The number of fused-ring (bicyclic) bond motifs is 5. The van der Waals surface area contributed by atoms with E-state index in [1.807, 2.05) is 24.3 Å². The van der Waals surface area contributed by atoms with Crippen molar-refractivity contribution in [3.63, 3.8) is 0 Å². The summed E-state index contributed by atoms with van der Waals surface area (Å²) < 4.78 is 5.23. The van der Waals surface area contributed by atoms with Crippen LogP contribution in [0.2, 0.25) is 5.02 Å². The third-order valence-corrected chi connectivity index (χ3v) is 7.66. The first-order valence-corrected chi connectivity index (χ1v) is 11.1. The van der Waals surface area contributed by atoms with Crippen LogP contribution in [0, 0.1) is 23.7 Å². The second-order valence-electron chi connectivity index (χ2n) is 8.89. The van der Waals surface area contributed by atoms with Gasteiger partial charge in [0.1, 0.15) is 11.8 Å². The standard InChI is InChI=1S/C25H21ClN2O4/c1-32-18-10-8-17(9-11-18)27-21(13-4-6-16(26)7-5-13)22(25(27)31)28-23(29)19-14-2-3-15(12-14)20(19)24(28)30/h2-11,14-15,19-22H,12H2,1H3. The van der Waals surface area contributed by atoms with Crippen LogP contribution in [0.1, 0.15) is 18.0 Å². The van der Waals surface area contributed by atoms with E-state index in [0.29, 0.717) is 16.5 Å². The molecule has 4 aliphatic rings. The Morgan fingerprint density at radius 2 is 1.38 bits per heavy atom. The highest BCUT2D eigenvalue weighted by molar-refractivity contribution is 6.30. The summed E-state index contributed by atoms with van der Waals surface area (Å²) in [6.45, 7) is 0. The zero-order valence-electron chi connectivity index (χ0n) is 17.4. The van der Waals surface area contributed by atoms with E-state index < -0.39 is 12.1 Å². The highest BCUT2D eigenvalue weighted by Crippen LogP contribution is 2.55. The number of carbonyl (C=O) groups is 3. The number of amides is 3. The molecule has 2 saturated heterocycles. The molecule has 2 aliphatic heterocycles. The Bertz CT molecular complexity index is 1130. The number of hydrogen-bond donors (Lipinski definition) is 0. The van der Waals surface area contributed by atoms with Crippen LogP contribution in [0.5, 0.6) is 5.75 Å². The Morgan fingerprint density at radius 1 is 0.781 bits per heavy atom. The summed E-state index contributed by atoms with van der Waals surface area (Å²) in [5, 5.41) is 0.581. The van der Waals surface area contributed by atoms with E-state index in [-0.39, 0.29) is 41.4 Å². The fourth-order valence-corrected chi connectivity index (χ4v) is 6.07. The molecular weight excluding hydrogens is 428 g/mol. The topological polar surface area (TPSA) is 66.9 Å². The molecule has 32 heavy (non-hydrogen) atoms. The lowest BCUT2D eigenvalue weighted by Crippen LogP contribution is -2.67. The highest BCUT2D eigenvalue weighted by Gasteiger charge is 2.65. The number of likely N-dealkylation sites (tertiary alicyclic amines) is 1. The van der Waals surface area contributed by atoms with Crippen LogP contribution in [0.15, 0.2) is 60.7 Å². The molecule has 162 valence electrons. The van der Waals surface area contributed by atoms with Crippen molar-refractivity contribution in [2.45, 2.75) is 18.5 Å². The maximum absolute atomic E-state index is 13.5. The molecule has 3 fully saturated rings. The summed E-state index contributed by atoms with van der Waals surface area (Å²) in [5.74, 6) is -0.426. The van der Waals surface area contributed by atoms with E-state index in [0.717, 1.165) is 12.0 Å². The average Bonchev–Trinajstić information content (AvgIpc) is 3.49. The van der Waals surface area contributed by atoms with Crippen LogP contribution in [0.25, 0.3) is 0 Å². The van der Waals surface area contributed by atoms with Crippen LogP contribution >= 0.6 is 11.6 Å². The molecule has 2 aliphatic carbocycles. The number of nitrogens with zero attached hydrogens (tertiary/aromatic N) is 2. The minimum Gasteiger partial charge on any atom is -0.497 e. The fourth-order valence-electron chi connectivity index (χ4n) is 5.95. The van der Waals surface area contributed by atoms with Gasteiger partial charge in [0.2, 0.25) is 11.8 Å². The number of carbonyl (C=O) groups excluding carboxylic acids is 3. The van der Waals surface area contributed by atoms with E-state index in [1.54, 1.807) is 36.3 Å². The number of rotatable bonds is 4. The summed E-state index contributed by atoms with van der Waals surface area (Å²) in [5.41, 5.74) is 1.52. The minimum atomic E-state index is -0.844. The van der Waals surface area contributed by atoms with Gasteiger partial charge in [-0.25, -0.2) is 0 Å². The highest BCUT2D eigenvalue weighted by atomic mass is 35.5. The second kappa shape index (κ2) is 6.94. The largest absolute Gasteiger partial charge is 0.497 e. The monoisotopic (exact) mass is 448 g/mol. The van der Waals surface area contributed by atoms with Gasteiger partial charge in [-0.3, -0.25) is 19.3 Å². The smallest absolute Gasteiger partial charge is 0.253 e. The molecule has 6 rings (SSSR count). The third kappa shape index (κ3) is 2.56. The summed E-state index contributed by atoms with van der Waals surface area (Å²) in [6.07, 6.45) is 4.98. The molecule has 2 aromatic carbocycles. The molecule has 6 nitrogen and oxygen atoms in total. The second-order valence-corrected chi connectivity index (χ2v) is 9.33. The Morgan fingerprint density at radius 3 is 1.94 bits per heavy atom. The van der Waals surface area contributed by atoms with E-state index >= 15 is 0 Å². The molecule has 7 heteroatoms. The van der Waals surface area contributed by atoms with Gasteiger partial charge in [0.05, 0.1) is 25.0 Å². The summed E-state index contributed by atoms with van der Waals surface area (Å²) in [4.78, 5) is 43.1. The lowest BCUT2D eigenvalue weighted by molar-refractivity contribution is -0.153. The molecule has 1 saturated carbocycles. The van der Waals surface area contributed by atoms with Crippen molar-refractivity contribution in [3.8, 4) is 5.75 Å². The lowest BCUT2D eigenvalue weighted by Gasteiger charge is -2.50. The fraction of sp³-hybridized carbons (Fsp3) is 0.320. The maximum atomic E-state index is 13.5. The third-order valence-electron chi connectivity index (χ3n) is 7.41. The summed E-state index contributed by atoms with van der Waals surface area (Å²) >= 11 is 6.09. The predicted molar refractivity (Wildman–Crippen MR) is 118 cm³/mol. The first-order chi connectivity index (χ1) is 15.5. The molecule has 0 spiro atoms. The SMILES string of the molecule is COc1ccc(N2C(=O)C(N3C(=O)C4C5C=CC(C5)C4C3=O)C2c2ccc(Cl)cc2)cc1. The van der Waals surface area contributed by atoms with Crippen molar-refractivity contribution in [2.75, 3.05) is 12.0 Å². The van der Waals surface area contributed by atoms with Crippen LogP contribution in [0.3, 0.4) is 0 Å². The Labute approximate surface area is 190 Å². The molecule has 6 atom stereocenters. The average molecular weight is 449 g/mol. The molecule has 0 radical (unpaired) electrons. The van der Waals surface area contributed by atoms with Gasteiger partial charge in [0.15, 0.2) is 0 Å². The number of β-lactam (4-membered cyclic amide) rings is 1. The van der Waals surface area contributed by atoms with Gasteiger partial charge in [0, 0.05) is 10.7 Å². The van der Waals surface area contributed by atoms with Gasteiger partial charge in [-0.2, -0.15) is 0 Å². The van der Waals surface area contributed by atoms with Crippen LogP contribution in [0.4, 0.5) is 5.69 Å². The normalized spacial score (nSPS) is 32.5. The molecule has 3 amide bonds. The van der Waals surface area contributed by atoms with Crippen molar-refractivity contribution in [3.05, 3.63) is 71.3 Å². The van der Waals surface area contributed by atoms with E-state index in [9.17, 15) is 14.4 Å². The van der Waals surface area contributed by atoms with Crippen LogP contribution in [-0.4, -0.2) is 35.8 Å². The van der Waals surface area contributed by atoms with E-state index in [1.165, 1.54) is 4.90 Å². The van der Waals surface area contributed by atoms with Crippen molar-refractivity contribution >= 4 is 35.0 Å². The van der Waals surface area contributed by atoms with Crippen LogP contribution < -0.4 is 9.64 Å². The Balaban J connectivity index is 1.39. The first kappa shape index (κ1) is 19.6. The number of methoxy groups -OCH3 is 1. The van der Waals surface area contributed by atoms with Crippen molar-refractivity contribution in [2.24, 2.45) is 23.7 Å². The zero-order valence-corrected chi connectivity index (χ0v) is 18.1. The van der Waals surface area contributed by atoms with Crippen molar-refractivity contribution in [1.29, 1.82) is 0 Å². The first-order valence-electron chi connectivity index (χ1n) is 10.8. The van der Waals surface area contributed by atoms with E-state index in [4.69, 9.17) is 16.3 Å². The number of hydrogen-bond acceptors (Lipinski definition) is 4. The van der Waals surface area contributed by atoms with Gasteiger partial charge >= 0.3 is 0 Å².